The highest BCUT2D eigenvalue weighted by Crippen LogP contribution is 2.33. The highest BCUT2D eigenvalue weighted by molar-refractivity contribution is 9.11. The monoisotopic (exact) mass is 270 g/mol. The SMILES string of the molecule is Cc1sc(Br)c2nc(C(C)C)ncc12. The molecule has 2 heterocycles. The lowest BCUT2D eigenvalue weighted by Crippen LogP contribution is -1.96. The molecule has 2 aromatic rings. The van der Waals surface area contributed by atoms with E-state index in [4.69, 9.17) is 0 Å². The van der Waals surface area contributed by atoms with E-state index in [-0.39, 0.29) is 0 Å². The van der Waals surface area contributed by atoms with Crippen molar-refractivity contribution >= 4 is 38.2 Å². The Morgan fingerprint density at radius 3 is 2.79 bits per heavy atom. The molecule has 0 radical (unpaired) electrons. The summed E-state index contributed by atoms with van der Waals surface area (Å²) in [5, 5.41) is 1.16. The van der Waals surface area contributed by atoms with Crippen molar-refractivity contribution in [1.29, 1.82) is 0 Å². The van der Waals surface area contributed by atoms with Gasteiger partial charge in [0.05, 0.1) is 9.30 Å². The van der Waals surface area contributed by atoms with E-state index in [9.17, 15) is 0 Å². The minimum atomic E-state index is 0.381. The number of nitrogens with zero attached hydrogens (tertiary/aromatic N) is 2. The lowest BCUT2D eigenvalue weighted by molar-refractivity contribution is 0.783. The van der Waals surface area contributed by atoms with E-state index in [0.717, 1.165) is 20.5 Å². The number of hydrogen-bond acceptors (Lipinski definition) is 3. The van der Waals surface area contributed by atoms with Crippen molar-refractivity contribution in [2.45, 2.75) is 26.7 Å². The largest absolute Gasteiger partial charge is 0.240 e. The second kappa shape index (κ2) is 3.59. The normalized spacial score (nSPS) is 11.5. The van der Waals surface area contributed by atoms with Crippen molar-refractivity contribution in [1.82, 2.24) is 9.97 Å². The van der Waals surface area contributed by atoms with Crippen molar-refractivity contribution in [3.8, 4) is 0 Å². The summed E-state index contributed by atoms with van der Waals surface area (Å²) in [6, 6.07) is 0. The number of halogens is 1. The van der Waals surface area contributed by atoms with Gasteiger partial charge in [-0.05, 0) is 22.9 Å². The third-order valence-corrected chi connectivity index (χ3v) is 3.89. The van der Waals surface area contributed by atoms with Crippen LogP contribution in [0.15, 0.2) is 9.98 Å². The molecule has 2 rings (SSSR count). The van der Waals surface area contributed by atoms with E-state index in [1.165, 1.54) is 4.88 Å². The van der Waals surface area contributed by atoms with Crippen LogP contribution in [0.3, 0.4) is 0 Å². The number of thiophene rings is 1. The highest BCUT2D eigenvalue weighted by Gasteiger charge is 2.10. The molecule has 0 spiro atoms. The average molecular weight is 271 g/mol. The summed E-state index contributed by atoms with van der Waals surface area (Å²) in [5.41, 5.74) is 1.05. The van der Waals surface area contributed by atoms with Crippen LogP contribution in [0.2, 0.25) is 0 Å². The molecule has 2 aromatic heterocycles. The summed E-state index contributed by atoms with van der Waals surface area (Å²) >= 11 is 5.25. The number of aromatic nitrogens is 2. The first-order valence-corrected chi connectivity index (χ1v) is 6.12. The molecule has 2 nitrogen and oxygen atoms in total. The zero-order chi connectivity index (χ0) is 10.3. The third-order valence-electron chi connectivity index (χ3n) is 2.13. The van der Waals surface area contributed by atoms with Crippen molar-refractivity contribution < 1.29 is 0 Å². The van der Waals surface area contributed by atoms with E-state index in [1.54, 1.807) is 11.3 Å². The zero-order valence-corrected chi connectivity index (χ0v) is 10.7. The molecule has 0 aliphatic heterocycles. The van der Waals surface area contributed by atoms with Crippen LogP contribution in [0.4, 0.5) is 0 Å². The molecule has 0 aromatic carbocycles. The smallest absolute Gasteiger partial charge is 0.131 e. The Bertz CT molecular complexity index is 476. The van der Waals surface area contributed by atoms with Crippen LogP contribution in [0.1, 0.15) is 30.5 Å². The first kappa shape index (κ1) is 10.1. The molecule has 0 atom stereocenters. The standard InChI is InChI=1S/C10H11BrN2S/c1-5(2)10-12-4-7-6(3)14-9(11)8(7)13-10/h4-5H,1-3H3. The minimum absolute atomic E-state index is 0.381. The maximum atomic E-state index is 4.55. The molecule has 0 aliphatic carbocycles. The minimum Gasteiger partial charge on any atom is -0.240 e. The lowest BCUT2D eigenvalue weighted by Gasteiger charge is -2.02. The molecule has 0 saturated carbocycles. The number of fused-ring (bicyclic) bond motifs is 1. The van der Waals surface area contributed by atoms with E-state index in [2.05, 4.69) is 46.7 Å². The van der Waals surface area contributed by atoms with E-state index in [1.807, 2.05) is 6.20 Å². The van der Waals surface area contributed by atoms with Gasteiger partial charge in [0.2, 0.25) is 0 Å². The van der Waals surface area contributed by atoms with Gasteiger partial charge in [-0.3, -0.25) is 0 Å². The summed E-state index contributed by atoms with van der Waals surface area (Å²) in [5.74, 6) is 1.29. The second-order valence-corrected chi connectivity index (χ2v) is 6.12. The fourth-order valence-electron chi connectivity index (χ4n) is 1.32. The Kier molecular flexibility index (Phi) is 2.58. The number of rotatable bonds is 1. The fourth-order valence-corrected chi connectivity index (χ4v) is 3.13. The summed E-state index contributed by atoms with van der Waals surface area (Å²) in [4.78, 5) is 10.2. The fraction of sp³-hybridized carbons (Fsp3) is 0.400. The van der Waals surface area contributed by atoms with Gasteiger partial charge in [-0.25, -0.2) is 9.97 Å². The van der Waals surface area contributed by atoms with Crippen LogP contribution in [0.5, 0.6) is 0 Å². The summed E-state index contributed by atoms with van der Waals surface area (Å²) in [6.45, 7) is 6.30. The first-order valence-electron chi connectivity index (χ1n) is 4.51. The zero-order valence-electron chi connectivity index (χ0n) is 8.34. The molecule has 0 N–H and O–H groups in total. The molecule has 4 heteroatoms. The average Bonchev–Trinajstić information content (AvgIpc) is 2.42. The van der Waals surface area contributed by atoms with Gasteiger partial charge in [0.1, 0.15) is 5.82 Å². The van der Waals surface area contributed by atoms with Gasteiger partial charge >= 0.3 is 0 Å². The van der Waals surface area contributed by atoms with Crippen LogP contribution < -0.4 is 0 Å². The molecule has 0 amide bonds. The third kappa shape index (κ3) is 1.57. The second-order valence-electron chi connectivity index (χ2n) is 3.58. The molecule has 0 unspecified atom stereocenters. The Morgan fingerprint density at radius 2 is 2.14 bits per heavy atom. The Balaban J connectivity index is 2.71. The van der Waals surface area contributed by atoms with E-state index >= 15 is 0 Å². The van der Waals surface area contributed by atoms with Gasteiger partial charge in [-0.2, -0.15) is 0 Å². The van der Waals surface area contributed by atoms with E-state index < -0.39 is 0 Å². The van der Waals surface area contributed by atoms with Crippen molar-refractivity contribution in [2.24, 2.45) is 0 Å². The Labute approximate surface area is 95.5 Å². The predicted molar refractivity (Wildman–Crippen MR) is 63.9 cm³/mol. The molecule has 0 bridgehead atoms. The predicted octanol–water partition coefficient (Wildman–Crippen LogP) is 3.89. The van der Waals surface area contributed by atoms with Crippen LogP contribution in [0, 0.1) is 6.92 Å². The summed E-state index contributed by atoms with van der Waals surface area (Å²) < 4.78 is 1.11. The van der Waals surface area contributed by atoms with Crippen LogP contribution in [0.25, 0.3) is 10.9 Å². The van der Waals surface area contributed by atoms with Crippen molar-refractivity contribution in [3.05, 3.63) is 20.7 Å². The van der Waals surface area contributed by atoms with Crippen molar-refractivity contribution in [2.75, 3.05) is 0 Å². The van der Waals surface area contributed by atoms with Gasteiger partial charge in [-0.1, -0.05) is 13.8 Å². The quantitative estimate of drug-likeness (QED) is 0.786. The number of hydrogen-bond donors (Lipinski definition) is 0. The van der Waals surface area contributed by atoms with E-state index in [0.29, 0.717) is 5.92 Å². The van der Waals surface area contributed by atoms with Crippen molar-refractivity contribution in [3.63, 3.8) is 0 Å². The van der Waals surface area contributed by atoms with Crippen LogP contribution >= 0.6 is 27.3 Å². The molecule has 0 saturated heterocycles. The highest BCUT2D eigenvalue weighted by atomic mass is 79.9. The van der Waals surface area contributed by atoms with Gasteiger partial charge in [0, 0.05) is 22.4 Å². The van der Waals surface area contributed by atoms with Gasteiger partial charge in [0.25, 0.3) is 0 Å². The maximum Gasteiger partial charge on any atom is 0.131 e. The topological polar surface area (TPSA) is 25.8 Å². The molecule has 0 aliphatic rings. The van der Waals surface area contributed by atoms with Gasteiger partial charge in [-0.15, -0.1) is 11.3 Å². The van der Waals surface area contributed by atoms with Gasteiger partial charge in [0.15, 0.2) is 0 Å². The Hall–Kier alpha value is -0.480. The first-order chi connectivity index (χ1) is 6.59. The molecule has 0 fully saturated rings. The lowest BCUT2D eigenvalue weighted by atomic mass is 10.2. The molecule has 14 heavy (non-hydrogen) atoms. The molecule has 74 valence electrons. The summed E-state index contributed by atoms with van der Waals surface area (Å²) in [6.07, 6.45) is 1.92. The molecular formula is C10H11BrN2S. The maximum absolute atomic E-state index is 4.55. The summed E-state index contributed by atoms with van der Waals surface area (Å²) in [7, 11) is 0. The molecular weight excluding hydrogens is 260 g/mol. The van der Waals surface area contributed by atoms with Crippen LogP contribution in [-0.2, 0) is 0 Å². The Morgan fingerprint density at radius 1 is 1.43 bits per heavy atom. The van der Waals surface area contributed by atoms with Gasteiger partial charge < -0.3 is 0 Å². The number of aryl methyl sites for hydroxylation is 1. The van der Waals surface area contributed by atoms with Crippen LogP contribution in [-0.4, -0.2) is 9.97 Å².